The number of rotatable bonds is 3. The van der Waals surface area contributed by atoms with Crippen molar-refractivity contribution in [3.05, 3.63) is 15.6 Å². The average molecular weight is 323 g/mol. The summed E-state index contributed by atoms with van der Waals surface area (Å²) in [6.07, 6.45) is 4.73. The fourth-order valence-electron chi connectivity index (χ4n) is 3.91. The maximum atomic E-state index is 10.4. The van der Waals surface area contributed by atoms with Gasteiger partial charge in [-0.1, -0.05) is 0 Å². The molecule has 0 aromatic carbocycles. The number of aromatic nitrogens is 1. The Balaban J connectivity index is 1.38. The second-order valence-electron chi connectivity index (χ2n) is 6.66. The molecule has 2 fully saturated rings. The van der Waals surface area contributed by atoms with Gasteiger partial charge < -0.3 is 9.84 Å². The summed E-state index contributed by atoms with van der Waals surface area (Å²) >= 11 is 1.89. The zero-order valence-corrected chi connectivity index (χ0v) is 13.9. The SMILES string of the molecule is O[C@H]1CN(Cc2nc3c(s2)CCCC3)C[C@@H]1N1CCOCC1. The summed E-state index contributed by atoms with van der Waals surface area (Å²) in [5.41, 5.74) is 1.34. The van der Waals surface area contributed by atoms with Crippen molar-refractivity contribution < 1.29 is 9.84 Å². The van der Waals surface area contributed by atoms with Crippen molar-refractivity contribution in [1.82, 2.24) is 14.8 Å². The van der Waals surface area contributed by atoms with Crippen LogP contribution in [0.2, 0.25) is 0 Å². The number of ether oxygens (including phenoxy) is 1. The molecule has 0 radical (unpaired) electrons. The Hall–Kier alpha value is -0.530. The number of thiazole rings is 1. The average Bonchev–Trinajstić information content (AvgIpc) is 3.11. The predicted molar refractivity (Wildman–Crippen MR) is 86.2 cm³/mol. The first kappa shape index (κ1) is 15.0. The Morgan fingerprint density at radius 2 is 2.00 bits per heavy atom. The molecule has 0 spiro atoms. The fraction of sp³-hybridized carbons (Fsp3) is 0.812. The highest BCUT2D eigenvalue weighted by Gasteiger charge is 2.36. The highest BCUT2D eigenvalue weighted by molar-refractivity contribution is 7.11. The van der Waals surface area contributed by atoms with E-state index in [1.165, 1.54) is 34.8 Å². The summed E-state index contributed by atoms with van der Waals surface area (Å²) in [6.45, 7) is 6.10. The van der Waals surface area contributed by atoms with Crippen LogP contribution < -0.4 is 0 Å². The zero-order valence-electron chi connectivity index (χ0n) is 13.0. The maximum Gasteiger partial charge on any atom is 0.107 e. The third-order valence-electron chi connectivity index (χ3n) is 5.10. The molecule has 0 unspecified atom stereocenters. The number of hydrogen-bond donors (Lipinski definition) is 1. The third kappa shape index (κ3) is 3.08. The number of aryl methyl sites for hydroxylation is 2. The van der Waals surface area contributed by atoms with Gasteiger partial charge in [0.1, 0.15) is 5.01 Å². The summed E-state index contributed by atoms with van der Waals surface area (Å²) in [6, 6.07) is 0.262. The molecule has 4 rings (SSSR count). The molecule has 1 N–H and O–H groups in total. The molecule has 0 saturated carbocycles. The van der Waals surface area contributed by atoms with E-state index >= 15 is 0 Å². The number of nitrogens with zero attached hydrogens (tertiary/aromatic N) is 3. The highest BCUT2D eigenvalue weighted by atomic mass is 32.1. The first-order valence-corrected chi connectivity index (χ1v) is 9.31. The van der Waals surface area contributed by atoms with E-state index in [4.69, 9.17) is 9.72 Å². The molecular formula is C16H25N3O2S. The number of β-amino-alcohol motifs (C(OH)–C–C–N with tert-alkyl or cyclic N) is 1. The number of hydrogen-bond acceptors (Lipinski definition) is 6. The first-order valence-electron chi connectivity index (χ1n) is 8.49. The van der Waals surface area contributed by atoms with Gasteiger partial charge >= 0.3 is 0 Å². The van der Waals surface area contributed by atoms with Crippen LogP contribution in [0.5, 0.6) is 0 Å². The second kappa shape index (κ2) is 6.53. The van der Waals surface area contributed by atoms with Gasteiger partial charge in [-0.2, -0.15) is 0 Å². The van der Waals surface area contributed by atoms with E-state index in [0.717, 1.165) is 52.4 Å². The maximum absolute atomic E-state index is 10.4. The highest BCUT2D eigenvalue weighted by Crippen LogP contribution is 2.28. The van der Waals surface area contributed by atoms with Crippen molar-refractivity contribution in [3.63, 3.8) is 0 Å². The van der Waals surface area contributed by atoms with Crippen LogP contribution in [0.3, 0.4) is 0 Å². The van der Waals surface area contributed by atoms with E-state index in [0.29, 0.717) is 0 Å². The summed E-state index contributed by atoms with van der Waals surface area (Å²) in [7, 11) is 0. The summed E-state index contributed by atoms with van der Waals surface area (Å²) in [5.74, 6) is 0. The van der Waals surface area contributed by atoms with E-state index in [1.54, 1.807) is 0 Å². The lowest BCUT2D eigenvalue weighted by molar-refractivity contribution is -0.00618. The molecule has 5 nitrogen and oxygen atoms in total. The molecule has 2 aliphatic heterocycles. The summed E-state index contributed by atoms with van der Waals surface area (Å²) < 4.78 is 5.42. The summed E-state index contributed by atoms with van der Waals surface area (Å²) in [5, 5.41) is 11.6. The topological polar surface area (TPSA) is 48.8 Å². The van der Waals surface area contributed by atoms with Crippen molar-refractivity contribution in [2.24, 2.45) is 0 Å². The van der Waals surface area contributed by atoms with Gasteiger partial charge in [0.15, 0.2) is 0 Å². The van der Waals surface area contributed by atoms with Crippen molar-refractivity contribution in [2.75, 3.05) is 39.4 Å². The van der Waals surface area contributed by atoms with E-state index in [-0.39, 0.29) is 12.1 Å². The van der Waals surface area contributed by atoms with Crippen molar-refractivity contribution in [3.8, 4) is 0 Å². The van der Waals surface area contributed by atoms with Crippen LogP contribution >= 0.6 is 11.3 Å². The molecule has 1 aromatic heterocycles. The van der Waals surface area contributed by atoms with Crippen molar-refractivity contribution in [2.45, 2.75) is 44.4 Å². The van der Waals surface area contributed by atoms with Gasteiger partial charge in [0.2, 0.25) is 0 Å². The molecule has 2 saturated heterocycles. The van der Waals surface area contributed by atoms with Gasteiger partial charge in [0.25, 0.3) is 0 Å². The number of likely N-dealkylation sites (tertiary alicyclic amines) is 1. The van der Waals surface area contributed by atoms with Gasteiger partial charge in [-0.25, -0.2) is 4.98 Å². The van der Waals surface area contributed by atoms with Crippen LogP contribution in [0.1, 0.15) is 28.4 Å². The summed E-state index contributed by atoms with van der Waals surface area (Å²) in [4.78, 5) is 11.1. The van der Waals surface area contributed by atoms with E-state index in [1.807, 2.05) is 11.3 Å². The van der Waals surface area contributed by atoms with Gasteiger partial charge in [0.05, 0.1) is 31.6 Å². The Labute approximate surface area is 135 Å². The van der Waals surface area contributed by atoms with Crippen LogP contribution in [0.15, 0.2) is 0 Å². The van der Waals surface area contributed by atoms with Crippen LogP contribution in [0, 0.1) is 0 Å². The minimum absolute atomic E-state index is 0.243. The van der Waals surface area contributed by atoms with Gasteiger partial charge in [0, 0.05) is 37.1 Å². The molecule has 3 heterocycles. The molecule has 1 aliphatic carbocycles. The van der Waals surface area contributed by atoms with Crippen molar-refractivity contribution in [1.29, 1.82) is 0 Å². The van der Waals surface area contributed by atoms with Crippen molar-refractivity contribution >= 4 is 11.3 Å². The van der Waals surface area contributed by atoms with Gasteiger partial charge in [-0.3, -0.25) is 9.80 Å². The number of fused-ring (bicyclic) bond motifs is 1. The molecular weight excluding hydrogens is 298 g/mol. The Bertz CT molecular complexity index is 492. The Morgan fingerprint density at radius 1 is 1.18 bits per heavy atom. The molecule has 0 bridgehead atoms. The van der Waals surface area contributed by atoms with E-state index < -0.39 is 0 Å². The van der Waals surface area contributed by atoms with Gasteiger partial charge in [-0.05, 0) is 25.7 Å². The third-order valence-corrected chi connectivity index (χ3v) is 6.24. The predicted octanol–water partition coefficient (Wildman–Crippen LogP) is 0.899. The largest absolute Gasteiger partial charge is 0.390 e. The molecule has 2 atom stereocenters. The number of aliphatic hydroxyl groups excluding tert-OH is 1. The lowest BCUT2D eigenvalue weighted by Gasteiger charge is -2.33. The molecule has 22 heavy (non-hydrogen) atoms. The quantitative estimate of drug-likeness (QED) is 0.896. The molecule has 6 heteroatoms. The minimum atomic E-state index is -0.243. The molecule has 122 valence electrons. The Morgan fingerprint density at radius 3 is 2.82 bits per heavy atom. The monoisotopic (exact) mass is 323 g/mol. The fourth-order valence-corrected chi connectivity index (χ4v) is 5.11. The van der Waals surface area contributed by atoms with E-state index in [9.17, 15) is 5.11 Å². The normalized spacial score (nSPS) is 30.6. The smallest absolute Gasteiger partial charge is 0.107 e. The van der Waals surface area contributed by atoms with Crippen LogP contribution in [0.25, 0.3) is 0 Å². The number of aliphatic hydroxyl groups is 1. The molecule has 0 amide bonds. The lowest BCUT2D eigenvalue weighted by Crippen LogP contribution is -2.48. The van der Waals surface area contributed by atoms with E-state index in [2.05, 4.69) is 9.80 Å². The van der Waals surface area contributed by atoms with Crippen LogP contribution in [0.4, 0.5) is 0 Å². The standard InChI is InChI=1S/C16H25N3O2S/c20-14-10-18(9-13(14)19-5-7-21-8-6-19)11-16-17-12-3-1-2-4-15(12)22-16/h13-14,20H,1-11H2/t13-,14-/m0/s1. The van der Waals surface area contributed by atoms with Crippen LogP contribution in [-0.2, 0) is 24.1 Å². The second-order valence-corrected chi connectivity index (χ2v) is 7.83. The molecule has 1 aromatic rings. The Kier molecular flexibility index (Phi) is 4.46. The lowest BCUT2D eigenvalue weighted by atomic mass is 10.0. The van der Waals surface area contributed by atoms with Crippen LogP contribution in [-0.4, -0.2) is 71.4 Å². The zero-order chi connectivity index (χ0) is 14.9. The minimum Gasteiger partial charge on any atom is -0.390 e. The first-order chi connectivity index (χ1) is 10.8. The van der Waals surface area contributed by atoms with Gasteiger partial charge in [-0.15, -0.1) is 11.3 Å². The molecule has 3 aliphatic rings. The number of morpholine rings is 1.